The molecule has 1 atom stereocenters. The van der Waals surface area contributed by atoms with Gasteiger partial charge in [-0.1, -0.05) is 91.4 Å². The number of aliphatic hydroxyl groups is 1. The van der Waals surface area contributed by atoms with Gasteiger partial charge in [0.1, 0.15) is 0 Å². The van der Waals surface area contributed by atoms with Crippen LogP contribution in [-0.2, 0) is 0 Å². The highest BCUT2D eigenvalue weighted by atomic mass is 16.3. The molecule has 1 N–H and O–H groups in total. The highest BCUT2D eigenvalue weighted by molar-refractivity contribution is 4.54. The fraction of sp³-hybridized carbons (Fsp3) is 1.00. The van der Waals surface area contributed by atoms with E-state index in [1.165, 1.54) is 70.6 Å². The third-order valence-corrected chi connectivity index (χ3v) is 4.10. The molecule has 19 heavy (non-hydrogen) atoms. The highest BCUT2D eigenvalue weighted by Crippen LogP contribution is 2.15. The van der Waals surface area contributed by atoms with Gasteiger partial charge in [-0.3, -0.25) is 0 Å². The van der Waals surface area contributed by atoms with Crippen LogP contribution in [0.1, 0.15) is 97.8 Å². The molecule has 0 unspecified atom stereocenters. The first kappa shape index (κ1) is 19.0. The van der Waals surface area contributed by atoms with Crippen molar-refractivity contribution in [3.63, 3.8) is 0 Å². The van der Waals surface area contributed by atoms with Crippen LogP contribution in [0.2, 0.25) is 0 Å². The van der Waals surface area contributed by atoms with Crippen molar-refractivity contribution < 1.29 is 5.11 Å². The van der Waals surface area contributed by atoms with E-state index in [0.29, 0.717) is 12.5 Å². The first-order chi connectivity index (χ1) is 9.16. The summed E-state index contributed by atoms with van der Waals surface area (Å²) < 4.78 is 0. The first-order valence-electron chi connectivity index (χ1n) is 8.77. The van der Waals surface area contributed by atoms with E-state index in [-0.39, 0.29) is 0 Å². The molecule has 1 heteroatoms. The molecular formula is C18H38O. The summed E-state index contributed by atoms with van der Waals surface area (Å²) in [6.45, 7) is 7.26. The van der Waals surface area contributed by atoms with Crippen molar-refractivity contribution in [1.82, 2.24) is 0 Å². The van der Waals surface area contributed by atoms with E-state index in [2.05, 4.69) is 20.8 Å². The Labute approximate surface area is 122 Å². The van der Waals surface area contributed by atoms with E-state index in [1.807, 2.05) is 0 Å². The molecule has 1 nitrogen and oxygen atoms in total. The fourth-order valence-electron chi connectivity index (χ4n) is 2.65. The predicted octanol–water partition coefficient (Wildman–Crippen LogP) is 5.95. The molecule has 0 aliphatic carbocycles. The summed E-state index contributed by atoms with van der Waals surface area (Å²) in [5.74, 6) is 1.60. The zero-order valence-electron chi connectivity index (χ0n) is 13.8. The van der Waals surface area contributed by atoms with Gasteiger partial charge in [0.25, 0.3) is 0 Å². The van der Waals surface area contributed by atoms with Gasteiger partial charge in [0.2, 0.25) is 0 Å². The van der Waals surface area contributed by atoms with Crippen molar-refractivity contribution in [2.45, 2.75) is 97.8 Å². The van der Waals surface area contributed by atoms with Crippen LogP contribution in [0.15, 0.2) is 0 Å². The summed E-state index contributed by atoms with van der Waals surface area (Å²) in [5, 5.41) is 8.83. The molecule has 0 bridgehead atoms. The Morgan fingerprint density at radius 2 is 1.00 bits per heavy atom. The summed E-state index contributed by atoms with van der Waals surface area (Å²) in [6, 6.07) is 0. The van der Waals surface area contributed by atoms with E-state index in [0.717, 1.165) is 12.3 Å². The van der Waals surface area contributed by atoms with E-state index in [9.17, 15) is 0 Å². The van der Waals surface area contributed by atoms with Crippen LogP contribution in [0.5, 0.6) is 0 Å². The Kier molecular flexibility index (Phi) is 14.3. The molecule has 0 saturated carbocycles. The van der Waals surface area contributed by atoms with Crippen molar-refractivity contribution >= 4 is 0 Å². The van der Waals surface area contributed by atoms with Gasteiger partial charge in [0.05, 0.1) is 0 Å². The Morgan fingerprint density at radius 3 is 1.42 bits per heavy atom. The SMILES string of the molecule is CC(C)CCCCCCCCCCC[C@H](C)CCO. The van der Waals surface area contributed by atoms with E-state index in [4.69, 9.17) is 5.11 Å². The topological polar surface area (TPSA) is 20.2 Å². The van der Waals surface area contributed by atoms with E-state index < -0.39 is 0 Å². The van der Waals surface area contributed by atoms with Gasteiger partial charge in [-0.15, -0.1) is 0 Å². The molecule has 0 aromatic heterocycles. The van der Waals surface area contributed by atoms with Crippen LogP contribution in [-0.4, -0.2) is 11.7 Å². The highest BCUT2D eigenvalue weighted by Gasteiger charge is 2.00. The molecule has 0 amide bonds. The summed E-state index contributed by atoms with van der Waals surface area (Å²) >= 11 is 0. The van der Waals surface area contributed by atoms with Crippen LogP contribution < -0.4 is 0 Å². The summed E-state index contributed by atoms with van der Waals surface area (Å²) in [6.07, 6.45) is 16.5. The van der Waals surface area contributed by atoms with Gasteiger partial charge < -0.3 is 5.11 Å². The maximum atomic E-state index is 8.83. The lowest BCUT2D eigenvalue weighted by atomic mass is 9.99. The average molecular weight is 271 g/mol. The maximum Gasteiger partial charge on any atom is 0.0433 e. The lowest BCUT2D eigenvalue weighted by Crippen LogP contribution is -1.97. The zero-order valence-corrected chi connectivity index (χ0v) is 13.8. The molecule has 0 aliphatic rings. The molecule has 0 rings (SSSR count). The second kappa shape index (κ2) is 14.4. The standard InChI is InChI=1S/C18H38O/c1-17(2)13-11-9-7-5-4-6-8-10-12-14-18(3)15-16-19/h17-19H,4-16H2,1-3H3/t18-/m0/s1. The Hall–Kier alpha value is -0.0400. The first-order valence-corrected chi connectivity index (χ1v) is 8.77. The maximum absolute atomic E-state index is 8.83. The van der Waals surface area contributed by atoms with Gasteiger partial charge in [0.15, 0.2) is 0 Å². The number of unbranched alkanes of at least 4 members (excludes halogenated alkanes) is 8. The molecule has 0 aromatic carbocycles. The van der Waals surface area contributed by atoms with Crippen LogP contribution in [0, 0.1) is 11.8 Å². The summed E-state index contributed by atoms with van der Waals surface area (Å²) in [7, 11) is 0. The molecule has 0 fully saturated rings. The Bertz CT molecular complexity index is 165. The minimum Gasteiger partial charge on any atom is -0.396 e. The summed E-state index contributed by atoms with van der Waals surface area (Å²) in [4.78, 5) is 0. The fourth-order valence-corrected chi connectivity index (χ4v) is 2.65. The van der Waals surface area contributed by atoms with Crippen LogP contribution in [0.3, 0.4) is 0 Å². The lowest BCUT2D eigenvalue weighted by Gasteiger charge is -2.08. The van der Waals surface area contributed by atoms with Gasteiger partial charge >= 0.3 is 0 Å². The number of rotatable bonds is 14. The quantitative estimate of drug-likeness (QED) is 0.387. The van der Waals surface area contributed by atoms with Gasteiger partial charge in [-0.05, 0) is 18.3 Å². The number of hydrogen-bond acceptors (Lipinski definition) is 1. The van der Waals surface area contributed by atoms with E-state index in [1.54, 1.807) is 0 Å². The molecule has 116 valence electrons. The number of hydrogen-bond donors (Lipinski definition) is 1. The van der Waals surface area contributed by atoms with Crippen LogP contribution in [0.4, 0.5) is 0 Å². The minimum absolute atomic E-state index is 0.359. The number of aliphatic hydroxyl groups excluding tert-OH is 1. The van der Waals surface area contributed by atoms with Crippen molar-refractivity contribution in [2.75, 3.05) is 6.61 Å². The van der Waals surface area contributed by atoms with Crippen LogP contribution >= 0.6 is 0 Å². The predicted molar refractivity (Wildman–Crippen MR) is 86.5 cm³/mol. The smallest absolute Gasteiger partial charge is 0.0433 e. The van der Waals surface area contributed by atoms with Gasteiger partial charge in [0, 0.05) is 6.61 Å². The normalized spacial score (nSPS) is 13.1. The third kappa shape index (κ3) is 15.9. The molecule has 0 saturated heterocycles. The van der Waals surface area contributed by atoms with Crippen molar-refractivity contribution in [1.29, 1.82) is 0 Å². The van der Waals surface area contributed by atoms with Crippen molar-refractivity contribution in [3.05, 3.63) is 0 Å². The van der Waals surface area contributed by atoms with Crippen molar-refractivity contribution in [3.8, 4) is 0 Å². The molecule has 0 aromatic rings. The van der Waals surface area contributed by atoms with Gasteiger partial charge in [-0.2, -0.15) is 0 Å². The lowest BCUT2D eigenvalue weighted by molar-refractivity contribution is 0.256. The van der Waals surface area contributed by atoms with Gasteiger partial charge in [-0.25, -0.2) is 0 Å². The Balaban J connectivity index is 3.03. The Morgan fingerprint density at radius 1 is 0.579 bits per heavy atom. The molecule has 0 aliphatic heterocycles. The molecule has 0 spiro atoms. The minimum atomic E-state index is 0.359. The van der Waals surface area contributed by atoms with Crippen LogP contribution in [0.25, 0.3) is 0 Å². The second-order valence-electron chi connectivity index (χ2n) is 6.77. The molecule has 0 radical (unpaired) electrons. The third-order valence-electron chi connectivity index (χ3n) is 4.10. The summed E-state index contributed by atoms with van der Waals surface area (Å²) in [5.41, 5.74) is 0. The largest absolute Gasteiger partial charge is 0.396 e. The second-order valence-corrected chi connectivity index (χ2v) is 6.77. The van der Waals surface area contributed by atoms with Crippen molar-refractivity contribution in [2.24, 2.45) is 11.8 Å². The van der Waals surface area contributed by atoms with E-state index >= 15 is 0 Å². The molecular weight excluding hydrogens is 232 g/mol. The zero-order chi connectivity index (χ0) is 14.3. The average Bonchev–Trinajstić information content (AvgIpc) is 2.36. The molecule has 0 heterocycles. The monoisotopic (exact) mass is 270 g/mol.